The first-order valence-corrected chi connectivity index (χ1v) is 40.9. The topological polar surface area (TPSA) is 95.9 Å². The van der Waals surface area contributed by atoms with Gasteiger partial charge in [-0.1, -0.05) is 424 Å². The zero-order valence-electron chi connectivity index (χ0n) is 60.3. The van der Waals surface area contributed by atoms with Crippen LogP contribution in [0, 0.1) is 0 Å². The van der Waals surface area contributed by atoms with Gasteiger partial charge >= 0.3 is 5.97 Å². The fraction of sp³-hybridized carbons (Fsp3) is 0.951. The minimum atomic E-state index is -0.661. The molecule has 0 radical (unpaired) electrons. The highest BCUT2D eigenvalue weighted by molar-refractivity contribution is 5.76. The predicted molar refractivity (Wildman–Crippen MR) is 389 cm³/mol. The van der Waals surface area contributed by atoms with E-state index in [1.165, 1.54) is 398 Å². The number of unbranched alkanes of at least 4 members (excludes halogenated alkanes) is 65. The molecule has 0 aromatic heterocycles. The molecule has 0 aromatic carbocycles. The summed E-state index contributed by atoms with van der Waals surface area (Å²) in [5.41, 5.74) is 0. The van der Waals surface area contributed by atoms with Gasteiger partial charge in [0, 0.05) is 12.8 Å². The Labute approximate surface area is 552 Å². The smallest absolute Gasteiger partial charge is 0.305 e. The van der Waals surface area contributed by atoms with E-state index in [2.05, 4.69) is 31.3 Å². The molecule has 0 spiro atoms. The Balaban J connectivity index is 3.31. The second kappa shape index (κ2) is 78.0. The number of allylic oxidation sites excluding steroid dienone is 2. The van der Waals surface area contributed by atoms with E-state index in [9.17, 15) is 19.8 Å². The molecule has 0 rings (SSSR count). The van der Waals surface area contributed by atoms with E-state index in [1.54, 1.807) is 0 Å². The lowest BCUT2D eigenvalue weighted by atomic mass is 10.0. The molecule has 0 aliphatic carbocycles. The lowest BCUT2D eigenvalue weighted by Crippen LogP contribution is -2.45. The highest BCUT2D eigenvalue weighted by atomic mass is 16.5. The van der Waals surface area contributed by atoms with E-state index in [0.29, 0.717) is 25.9 Å². The van der Waals surface area contributed by atoms with E-state index in [4.69, 9.17) is 4.74 Å². The molecular weight excluding hydrogens is 1080 g/mol. The van der Waals surface area contributed by atoms with Crippen molar-refractivity contribution in [2.24, 2.45) is 0 Å². The largest absolute Gasteiger partial charge is 0.466 e. The first kappa shape index (κ1) is 86.6. The predicted octanol–water partition coefficient (Wildman–Crippen LogP) is 27.1. The number of hydrogen-bond acceptors (Lipinski definition) is 5. The van der Waals surface area contributed by atoms with E-state index in [-0.39, 0.29) is 18.5 Å². The molecule has 0 bridgehead atoms. The van der Waals surface area contributed by atoms with Crippen LogP contribution in [0.2, 0.25) is 0 Å². The van der Waals surface area contributed by atoms with E-state index in [0.717, 1.165) is 44.9 Å². The molecule has 2 unspecified atom stereocenters. The number of aliphatic hydroxyl groups is 2. The SMILES string of the molecule is CCCCCC/C=C\CCCCCCCC(=O)OCCCCCCCCCCCCCCCCCCCCCCCCCCCCCCCCCCCCCC(=O)NC(CO)C(O)CCCCCCCCCCCCCCCCCCCCCCCCC. The van der Waals surface area contributed by atoms with Crippen molar-refractivity contribution in [1.82, 2.24) is 5.32 Å². The van der Waals surface area contributed by atoms with Gasteiger partial charge in [-0.05, 0) is 51.4 Å². The fourth-order valence-electron chi connectivity index (χ4n) is 13.3. The maximum Gasteiger partial charge on any atom is 0.305 e. The summed E-state index contributed by atoms with van der Waals surface area (Å²) >= 11 is 0. The fourth-order valence-corrected chi connectivity index (χ4v) is 13.3. The van der Waals surface area contributed by atoms with Gasteiger partial charge in [0.25, 0.3) is 0 Å². The summed E-state index contributed by atoms with van der Waals surface area (Å²) < 4.78 is 5.49. The van der Waals surface area contributed by atoms with Crippen LogP contribution in [-0.4, -0.2) is 47.4 Å². The molecule has 0 aromatic rings. The third kappa shape index (κ3) is 73.6. The van der Waals surface area contributed by atoms with Crippen molar-refractivity contribution in [2.45, 2.75) is 488 Å². The van der Waals surface area contributed by atoms with Crippen molar-refractivity contribution >= 4 is 11.9 Å². The maximum absolute atomic E-state index is 12.6. The van der Waals surface area contributed by atoms with Gasteiger partial charge in [-0.3, -0.25) is 9.59 Å². The zero-order chi connectivity index (χ0) is 63.5. The van der Waals surface area contributed by atoms with Gasteiger partial charge in [-0.15, -0.1) is 0 Å². The van der Waals surface area contributed by atoms with Crippen LogP contribution in [0.3, 0.4) is 0 Å². The lowest BCUT2D eigenvalue weighted by molar-refractivity contribution is -0.143. The molecule has 0 saturated carbocycles. The normalized spacial score (nSPS) is 12.5. The molecule has 1 amide bonds. The van der Waals surface area contributed by atoms with E-state index in [1.807, 2.05) is 0 Å². The Morgan fingerprint density at radius 1 is 0.307 bits per heavy atom. The molecule has 6 heteroatoms. The standard InChI is InChI=1S/C82H161NO5/c1-3-5-7-9-11-13-15-17-18-19-20-21-35-38-41-44-47-51-54-58-62-66-70-74-80(85)79(78-84)83-81(86)75-71-67-63-59-55-52-48-45-42-39-36-33-31-29-27-25-23-22-24-26-28-30-32-34-37-40-43-46-49-53-57-61-65-69-73-77-88-82(87)76-72-68-64-60-56-50-16-14-12-10-8-6-4-2/h14,16,79-80,84-85H,3-13,15,17-78H2,1-2H3,(H,83,86)/b16-14-. The Kier molecular flexibility index (Phi) is 76.8. The molecule has 88 heavy (non-hydrogen) atoms. The molecule has 524 valence electrons. The minimum Gasteiger partial charge on any atom is -0.466 e. The average Bonchev–Trinajstić information content (AvgIpc) is 3.53. The summed E-state index contributed by atoms with van der Waals surface area (Å²) in [6.07, 6.45) is 98.9. The number of ether oxygens (including phenoxy) is 1. The highest BCUT2D eigenvalue weighted by Crippen LogP contribution is 2.21. The molecule has 0 aliphatic heterocycles. The highest BCUT2D eigenvalue weighted by Gasteiger charge is 2.20. The van der Waals surface area contributed by atoms with Crippen molar-refractivity contribution in [2.75, 3.05) is 13.2 Å². The summed E-state index contributed by atoms with van der Waals surface area (Å²) in [7, 11) is 0. The van der Waals surface area contributed by atoms with Gasteiger partial charge in [-0.25, -0.2) is 0 Å². The van der Waals surface area contributed by atoms with Crippen LogP contribution in [-0.2, 0) is 14.3 Å². The van der Waals surface area contributed by atoms with Crippen LogP contribution in [0.4, 0.5) is 0 Å². The third-order valence-corrected chi connectivity index (χ3v) is 19.6. The molecular formula is C82H161NO5. The molecule has 0 saturated heterocycles. The first-order chi connectivity index (χ1) is 43.5. The number of aliphatic hydroxyl groups excluding tert-OH is 2. The average molecular weight is 1240 g/mol. The quantitative estimate of drug-likeness (QED) is 0.0320. The van der Waals surface area contributed by atoms with E-state index >= 15 is 0 Å². The van der Waals surface area contributed by atoms with Crippen molar-refractivity contribution in [3.05, 3.63) is 12.2 Å². The number of hydrogen-bond donors (Lipinski definition) is 3. The number of nitrogens with one attached hydrogen (secondary N) is 1. The summed E-state index contributed by atoms with van der Waals surface area (Å²) in [5, 5.41) is 23.5. The maximum atomic E-state index is 12.6. The Hall–Kier alpha value is -1.40. The van der Waals surface area contributed by atoms with Crippen LogP contribution in [0.25, 0.3) is 0 Å². The Morgan fingerprint density at radius 3 is 0.818 bits per heavy atom. The molecule has 6 nitrogen and oxygen atoms in total. The summed E-state index contributed by atoms with van der Waals surface area (Å²) in [4.78, 5) is 24.6. The summed E-state index contributed by atoms with van der Waals surface area (Å²) in [6.45, 7) is 4.99. The third-order valence-electron chi connectivity index (χ3n) is 19.6. The van der Waals surface area contributed by atoms with Gasteiger partial charge in [0.15, 0.2) is 0 Å². The van der Waals surface area contributed by atoms with Crippen molar-refractivity contribution in [3.63, 3.8) is 0 Å². The lowest BCUT2D eigenvalue weighted by Gasteiger charge is -2.22. The number of amides is 1. The van der Waals surface area contributed by atoms with Gasteiger partial charge in [0.2, 0.25) is 5.91 Å². The Bertz CT molecular complexity index is 1340. The van der Waals surface area contributed by atoms with Crippen molar-refractivity contribution < 1.29 is 24.5 Å². The van der Waals surface area contributed by atoms with Crippen LogP contribution in [0.15, 0.2) is 12.2 Å². The number of esters is 1. The van der Waals surface area contributed by atoms with Crippen LogP contribution < -0.4 is 5.32 Å². The van der Waals surface area contributed by atoms with Gasteiger partial charge in [0.1, 0.15) is 0 Å². The molecule has 3 N–H and O–H groups in total. The number of carbonyl (C=O) groups is 2. The summed E-state index contributed by atoms with van der Waals surface area (Å²) in [6, 6.07) is -0.538. The van der Waals surface area contributed by atoms with Gasteiger partial charge in [-0.2, -0.15) is 0 Å². The molecule has 0 heterocycles. The van der Waals surface area contributed by atoms with Crippen LogP contribution in [0.5, 0.6) is 0 Å². The molecule has 0 aliphatic rings. The van der Waals surface area contributed by atoms with Gasteiger partial charge < -0.3 is 20.3 Å². The first-order valence-electron chi connectivity index (χ1n) is 40.9. The second-order valence-electron chi connectivity index (χ2n) is 28.5. The van der Waals surface area contributed by atoms with Crippen molar-refractivity contribution in [3.8, 4) is 0 Å². The van der Waals surface area contributed by atoms with Crippen LogP contribution >= 0.6 is 0 Å². The minimum absolute atomic E-state index is 0.0145. The molecule has 0 fully saturated rings. The number of rotatable bonds is 78. The zero-order valence-corrected chi connectivity index (χ0v) is 60.3. The second-order valence-corrected chi connectivity index (χ2v) is 28.5. The number of carbonyl (C=O) groups excluding carboxylic acids is 2. The van der Waals surface area contributed by atoms with Crippen molar-refractivity contribution in [1.29, 1.82) is 0 Å². The summed E-state index contributed by atoms with van der Waals surface area (Å²) in [5.74, 6) is -0.00896. The van der Waals surface area contributed by atoms with E-state index < -0.39 is 12.1 Å². The molecule has 2 atom stereocenters. The van der Waals surface area contributed by atoms with Gasteiger partial charge in [0.05, 0.1) is 25.4 Å². The monoisotopic (exact) mass is 1240 g/mol. The van der Waals surface area contributed by atoms with Crippen LogP contribution in [0.1, 0.15) is 476 Å². The Morgan fingerprint density at radius 2 is 0.534 bits per heavy atom.